The summed E-state index contributed by atoms with van der Waals surface area (Å²) in [7, 11) is 0. The second-order valence-electron chi connectivity index (χ2n) is 5.41. The standard InChI is InChI=1S/C14H12F3N3S/c15-9-4-1-7(5-10(9)16)12-6-11(17)13-18-14(19-20(12)13)21-8-2-3-8/h1,4-5,8,11-12H,2-3,6H2/t11-,12-/m0/s1. The van der Waals surface area contributed by atoms with Crippen molar-refractivity contribution in [2.24, 2.45) is 0 Å². The third-order valence-electron chi connectivity index (χ3n) is 3.77. The maximum absolute atomic E-state index is 14.1. The van der Waals surface area contributed by atoms with Gasteiger partial charge in [-0.05, 0) is 30.5 Å². The van der Waals surface area contributed by atoms with Gasteiger partial charge in [0, 0.05) is 11.7 Å². The summed E-state index contributed by atoms with van der Waals surface area (Å²) in [5.41, 5.74) is 0.517. The normalized spacial score (nSPS) is 24.3. The summed E-state index contributed by atoms with van der Waals surface area (Å²) in [6.45, 7) is 0. The molecule has 0 saturated heterocycles. The zero-order chi connectivity index (χ0) is 14.6. The molecule has 1 fully saturated rings. The van der Waals surface area contributed by atoms with E-state index >= 15 is 0 Å². The predicted octanol–water partition coefficient (Wildman–Crippen LogP) is 3.81. The molecule has 0 unspecified atom stereocenters. The fourth-order valence-electron chi connectivity index (χ4n) is 2.54. The van der Waals surface area contributed by atoms with Crippen LogP contribution in [0.4, 0.5) is 13.2 Å². The van der Waals surface area contributed by atoms with E-state index in [1.807, 2.05) is 0 Å². The fourth-order valence-corrected chi connectivity index (χ4v) is 3.49. The van der Waals surface area contributed by atoms with Gasteiger partial charge >= 0.3 is 0 Å². The van der Waals surface area contributed by atoms with Gasteiger partial charge in [0.15, 0.2) is 23.6 Å². The Hall–Kier alpha value is -1.50. The van der Waals surface area contributed by atoms with Crippen LogP contribution in [0.1, 0.15) is 42.9 Å². The lowest BCUT2D eigenvalue weighted by molar-refractivity contribution is 0.326. The van der Waals surface area contributed by atoms with Crippen LogP contribution in [0, 0.1) is 11.6 Å². The first kappa shape index (κ1) is 13.2. The highest BCUT2D eigenvalue weighted by Gasteiger charge is 2.36. The molecular weight excluding hydrogens is 299 g/mol. The van der Waals surface area contributed by atoms with Crippen LogP contribution < -0.4 is 0 Å². The lowest BCUT2D eigenvalue weighted by atomic mass is 10.0. The lowest BCUT2D eigenvalue weighted by Gasteiger charge is -2.12. The molecule has 0 radical (unpaired) electrons. The van der Waals surface area contributed by atoms with E-state index in [1.54, 1.807) is 11.8 Å². The number of benzene rings is 1. The number of nitrogens with zero attached hydrogens (tertiary/aromatic N) is 3. The molecule has 21 heavy (non-hydrogen) atoms. The smallest absolute Gasteiger partial charge is 0.209 e. The largest absolute Gasteiger partial charge is 0.239 e. The average Bonchev–Trinajstić information content (AvgIpc) is 3.08. The maximum Gasteiger partial charge on any atom is 0.209 e. The Morgan fingerprint density at radius 2 is 2.00 bits per heavy atom. The summed E-state index contributed by atoms with van der Waals surface area (Å²) >= 11 is 1.55. The molecule has 2 atom stereocenters. The molecule has 1 aromatic carbocycles. The van der Waals surface area contributed by atoms with Crippen molar-refractivity contribution >= 4 is 11.8 Å². The van der Waals surface area contributed by atoms with Crippen LogP contribution >= 0.6 is 11.8 Å². The van der Waals surface area contributed by atoms with E-state index in [4.69, 9.17) is 0 Å². The molecule has 3 nitrogen and oxygen atoms in total. The first-order valence-corrected chi connectivity index (χ1v) is 7.72. The SMILES string of the molecule is Fc1ccc([C@@H]2C[C@H](F)c3nc(SC4CC4)nn32)cc1F. The van der Waals surface area contributed by atoms with E-state index in [9.17, 15) is 13.2 Å². The van der Waals surface area contributed by atoms with Crippen LogP contribution in [-0.4, -0.2) is 20.0 Å². The molecule has 7 heteroatoms. The highest BCUT2D eigenvalue weighted by Crippen LogP contribution is 2.43. The topological polar surface area (TPSA) is 30.7 Å². The van der Waals surface area contributed by atoms with Crippen LogP contribution in [0.15, 0.2) is 23.4 Å². The molecule has 2 heterocycles. The molecule has 110 valence electrons. The van der Waals surface area contributed by atoms with Crippen molar-refractivity contribution in [2.75, 3.05) is 0 Å². The highest BCUT2D eigenvalue weighted by molar-refractivity contribution is 8.00. The molecular formula is C14H12F3N3S. The van der Waals surface area contributed by atoms with E-state index < -0.39 is 23.8 Å². The second kappa shape index (κ2) is 4.76. The van der Waals surface area contributed by atoms with Crippen molar-refractivity contribution < 1.29 is 13.2 Å². The molecule has 0 N–H and O–H groups in total. The molecule has 2 aromatic rings. The van der Waals surface area contributed by atoms with E-state index in [0.717, 1.165) is 25.0 Å². The van der Waals surface area contributed by atoms with Gasteiger partial charge in [0.25, 0.3) is 0 Å². The third-order valence-corrected chi connectivity index (χ3v) is 4.96. The van der Waals surface area contributed by atoms with Gasteiger partial charge in [-0.15, -0.1) is 5.10 Å². The number of thioether (sulfide) groups is 1. The molecule has 2 aliphatic rings. The van der Waals surface area contributed by atoms with Gasteiger partial charge in [-0.1, -0.05) is 17.8 Å². The number of hydrogen-bond acceptors (Lipinski definition) is 3. The fraction of sp³-hybridized carbons (Fsp3) is 0.429. The quantitative estimate of drug-likeness (QED) is 0.863. The molecule has 0 amide bonds. The summed E-state index contributed by atoms with van der Waals surface area (Å²) in [6, 6.07) is 3.22. The number of rotatable bonds is 3. The monoisotopic (exact) mass is 311 g/mol. The van der Waals surface area contributed by atoms with E-state index in [-0.39, 0.29) is 12.2 Å². The molecule has 4 rings (SSSR count). The number of halogens is 3. The first-order valence-electron chi connectivity index (χ1n) is 6.84. The molecule has 0 spiro atoms. The van der Waals surface area contributed by atoms with E-state index in [1.165, 1.54) is 10.7 Å². The Kier molecular flexibility index (Phi) is 2.99. The Bertz CT molecular complexity index is 699. The van der Waals surface area contributed by atoms with Crippen LogP contribution in [0.3, 0.4) is 0 Å². The third kappa shape index (κ3) is 2.33. The lowest BCUT2D eigenvalue weighted by Crippen LogP contribution is -2.08. The Morgan fingerprint density at radius 3 is 2.71 bits per heavy atom. The number of fused-ring (bicyclic) bond motifs is 1. The van der Waals surface area contributed by atoms with Crippen molar-refractivity contribution in [1.82, 2.24) is 14.8 Å². The van der Waals surface area contributed by atoms with E-state index in [2.05, 4.69) is 10.1 Å². The van der Waals surface area contributed by atoms with Crippen molar-refractivity contribution in [1.29, 1.82) is 0 Å². The van der Waals surface area contributed by atoms with Gasteiger partial charge in [-0.2, -0.15) is 0 Å². The summed E-state index contributed by atoms with van der Waals surface area (Å²) in [4.78, 5) is 4.24. The minimum atomic E-state index is -1.22. The van der Waals surface area contributed by atoms with Crippen LogP contribution in [0.25, 0.3) is 0 Å². The predicted molar refractivity (Wildman–Crippen MR) is 71.9 cm³/mol. The number of aromatic nitrogens is 3. The van der Waals surface area contributed by atoms with Crippen molar-refractivity contribution in [3.05, 3.63) is 41.2 Å². The van der Waals surface area contributed by atoms with Gasteiger partial charge in [-0.25, -0.2) is 22.8 Å². The Morgan fingerprint density at radius 1 is 1.19 bits per heavy atom. The molecule has 0 bridgehead atoms. The van der Waals surface area contributed by atoms with Crippen molar-refractivity contribution in [3.63, 3.8) is 0 Å². The zero-order valence-electron chi connectivity index (χ0n) is 11.0. The molecule has 1 aromatic heterocycles. The minimum Gasteiger partial charge on any atom is -0.239 e. The highest BCUT2D eigenvalue weighted by atomic mass is 32.2. The van der Waals surface area contributed by atoms with Crippen molar-refractivity contribution in [3.8, 4) is 0 Å². The summed E-state index contributed by atoms with van der Waals surface area (Å²) in [6.07, 6.45) is 1.22. The first-order chi connectivity index (χ1) is 10.1. The average molecular weight is 311 g/mol. The Balaban J connectivity index is 1.68. The minimum absolute atomic E-state index is 0.161. The zero-order valence-corrected chi connectivity index (χ0v) is 11.8. The van der Waals surface area contributed by atoms with Gasteiger partial charge in [0.2, 0.25) is 5.16 Å². The van der Waals surface area contributed by atoms with Gasteiger partial charge in [-0.3, -0.25) is 0 Å². The second-order valence-corrected chi connectivity index (χ2v) is 6.67. The number of alkyl halides is 1. The van der Waals surface area contributed by atoms with Crippen LogP contribution in [-0.2, 0) is 0 Å². The van der Waals surface area contributed by atoms with Gasteiger partial charge in [0.1, 0.15) is 0 Å². The van der Waals surface area contributed by atoms with Crippen LogP contribution in [0.5, 0.6) is 0 Å². The van der Waals surface area contributed by atoms with Crippen LogP contribution in [0.2, 0.25) is 0 Å². The summed E-state index contributed by atoms with van der Waals surface area (Å²) in [5, 5.41) is 5.45. The summed E-state index contributed by atoms with van der Waals surface area (Å²) in [5.74, 6) is -1.55. The number of hydrogen-bond donors (Lipinski definition) is 0. The Labute approximate surface area is 123 Å². The summed E-state index contributed by atoms with van der Waals surface area (Å²) < 4.78 is 42.0. The molecule has 1 aliphatic heterocycles. The van der Waals surface area contributed by atoms with Crippen molar-refractivity contribution in [2.45, 2.75) is 41.9 Å². The van der Waals surface area contributed by atoms with E-state index in [0.29, 0.717) is 16.0 Å². The molecule has 1 saturated carbocycles. The van der Waals surface area contributed by atoms with Gasteiger partial charge < -0.3 is 0 Å². The van der Waals surface area contributed by atoms with Gasteiger partial charge in [0.05, 0.1) is 6.04 Å². The maximum atomic E-state index is 14.1. The molecule has 1 aliphatic carbocycles.